The Labute approximate surface area is 171 Å². The van der Waals surface area contributed by atoms with Crippen LogP contribution in [0.4, 0.5) is 5.69 Å². The van der Waals surface area contributed by atoms with Crippen molar-refractivity contribution < 1.29 is 14.7 Å². The summed E-state index contributed by atoms with van der Waals surface area (Å²) in [5.74, 6) is -0.507. The normalized spacial score (nSPS) is 30.1. The molecular weight excluding hydrogens is 368 g/mol. The van der Waals surface area contributed by atoms with Crippen LogP contribution in [0.15, 0.2) is 35.4 Å². The first kappa shape index (κ1) is 18.6. The molecule has 7 nitrogen and oxygen atoms in total. The van der Waals surface area contributed by atoms with Gasteiger partial charge in [0.05, 0.1) is 5.69 Å². The summed E-state index contributed by atoms with van der Waals surface area (Å²) in [6.07, 6.45) is 6.22. The summed E-state index contributed by atoms with van der Waals surface area (Å²) in [7, 11) is 0. The number of fused-ring (bicyclic) bond motifs is 1. The van der Waals surface area contributed by atoms with Gasteiger partial charge in [0.2, 0.25) is 0 Å². The fourth-order valence-corrected chi connectivity index (χ4v) is 5.32. The summed E-state index contributed by atoms with van der Waals surface area (Å²) in [6, 6.07) is 9.79. The number of carbonyl (C=O) groups excluding carboxylic acids is 1. The van der Waals surface area contributed by atoms with Crippen LogP contribution < -0.4 is 5.01 Å². The van der Waals surface area contributed by atoms with Crippen molar-refractivity contribution in [2.75, 3.05) is 24.6 Å². The van der Waals surface area contributed by atoms with Gasteiger partial charge in [-0.25, -0.2) is 4.79 Å². The third-order valence-electron chi connectivity index (χ3n) is 6.88. The van der Waals surface area contributed by atoms with Crippen molar-refractivity contribution in [3.8, 4) is 0 Å². The third kappa shape index (κ3) is 3.52. The summed E-state index contributed by atoms with van der Waals surface area (Å²) in [5, 5.41) is 15.6. The van der Waals surface area contributed by atoms with Gasteiger partial charge in [-0.1, -0.05) is 18.2 Å². The van der Waals surface area contributed by atoms with E-state index >= 15 is 0 Å². The maximum absolute atomic E-state index is 13.2. The quantitative estimate of drug-likeness (QED) is 0.844. The van der Waals surface area contributed by atoms with E-state index in [0.29, 0.717) is 23.4 Å². The van der Waals surface area contributed by atoms with Gasteiger partial charge < -0.3 is 10.0 Å². The number of carbonyl (C=O) groups is 2. The van der Waals surface area contributed by atoms with E-state index in [0.717, 1.165) is 25.6 Å². The van der Waals surface area contributed by atoms with Crippen LogP contribution in [0, 0.1) is 5.92 Å². The van der Waals surface area contributed by atoms with Gasteiger partial charge in [-0.15, -0.1) is 0 Å². The van der Waals surface area contributed by atoms with E-state index in [9.17, 15) is 14.7 Å². The molecule has 3 unspecified atom stereocenters. The van der Waals surface area contributed by atoms with Gasteiger partial charge in [-0.2, -0.15) is 5.10 Å². The standard InChI is InChI=1S/C22H28N4O3/c27-21(18-13-20(22(28)29)26(23-18)17-6-2-1-3-7-17)24-12-10-19-15(14-24)5-4-11-25(19)16-8-9-16/h1-3,6-7,15-16,19-20H,4-5,8-14H2,(H,28,29). The van der Waals surface area contributed by atoms with Crippen molar-refractivity contribution in [3.63, 3.8) is 0 Å². The van der Waals surface area contributed by atoms with E-state index in [-0.39, 0.29) is 12.3 Å². The lowest BCUT2D eigenvalue weighted by Crippen LogP contribution is -2.56. The van der Waals surface area contributed by atoms with E-state index in [1.54, 1.807) is 0 Å². The van der Waals surface area contributed by atoms with Crippen LogP contribution in [0.1, 0.15) is 38.5 Å². The summed E-state index contributed by atoms with van der Waals surface area (Å²) in [6.45, 7) is 2.72. The predicted molar refractivity (Wildman–Crippen MR) is 110 cm³/mol. The van der Waals surface area contributed by atoms with Gasteiger partial charge in [0.25, 0.3) is 5.91 Å². The van der Waals surface area contributed by atoms with Gasteiger partial charge in [-0.3, -0.25) is 14.7 Å². The third-order valence-corrected chi connectivity index (χ3v) is 6.88. The molecule has 7 heteroatoms. The first-order valence-electron chi connectivity index (χ1n) is 10.8. The molecule has 3 heterocycles. The molecule has 1 saturated carbocycles. The average molecular weight is 396 g/mol. The fraction of sp³-hybridized carbons (Fsp3) is 0.591. The molecule has 5 rings (SSSR count). The molecule has 1 amide bonds. The highest BCUT2D eigenvalue weighted by atomic mass is 16.4. The minimum Gasteiger partial charge on any atom is -0.480 e. The second-order valence-electron chi connectivity index (χ2n) is 8.76. The van der Waals surface area contributed by atoms with Gasteiger partial charge >= 0.3 is 5.97 Å². The monoisotopic (exact) mass is 396 g/mol. The van der Waals surface area contributed by atoms with Crippen LogP contribution in [-0.2, 0) is 9.59 Å². The number of aliphatic carboxylic acids is 1. The van der Waals surface area contributed by atoms with E-state index in [2.05, 4.69) is 10.0 Å². The van der Waals surface area contributed by atoms with Crippen LogP contribution in [0.3, 0.4) is 0 Å². The first-order valence-corrected chi connectivity index (χ1v) is 10.8. The number of likely N-dealkylation sites (tertiary alicyclic amines) is 2. The molecule has 3 aliphatic heterocycles. The van der Waals surface area contributed by atoms with Gasteiger partial charge in [0, 0.05) is 31.6 Å². The van der Waals surface area contributed by atoms with E-state index in [1.165, 1.54) is 37.2 Å². The molecule has 1 aliphatic carbocycles. The zero-order valence-corrected chi connectivity index (χ0v) is 16.6. The van der Waals surface area contributed by atoms with Crippen LogP contribution in [0.5, 0.6) is 0 Å². The number of para-hydroxylation sites is 1. The maximum atomic E-state index is 13.2. The molecule has 1 aromatic carbocycles. The van der Waals surface area contributed by atoms with Gasteiger partial charge in [-0.05, 0) is 56.7 Å². The minimum atomic E-state index is -0.952. The summed E-state index contributed by atoms with van der Waals surface area (Å²) in [5.41, 5.74) is 1.07. The number of rotatable bonds is 4. The van der Waals surface area contributed by atoms with Crippen molar-refractivity contribution in [1.29, 1.82) is 0 Å². The van der Waals surface area contributed by atoms with Crippen LogP contribution >= 0.6 is 0 Å². The summed E-state index contributed by atoms with van der Waals surface area (Å²) < 4.78 is 0. The molecule has 3 atom stereocenters. The molecule has 2 saturated heterocycles. The minimum absolute atomic E-state index is 0.0864. The Morgan fingerprint density at radius 1 is 1.03 bits per heavy atom. The number of nitrogens with zero attached hydrogens (tertiary/aromatic N) is 4. The Morgan fingerprint density at radius 2 is 1.83 bits per heavy atom. The molecule has 0 spiro atoms. The average Bonchev–Trinajstić information content (AvgIpc) is 3.50. The highest BCUT2D eigenvalue weighted by Crippen LogP contribution is 2.38. The SMILES string of the molecule is O=C(O)C1CC(C(=O)N2CCC3C(CCCN3C3CC3)C2)=NN1c1ccccc1. The number of benzene rings is 1. The smallest absolute Gasteiger partial charge is 0.328 e. The number of hydrazone groups is 1. The molecule has 0 bridgehead atoms. The Hall–Kier alpha value is -2.41. The van der Waals surface area contributed by atoms with E-state index < -0.39 is 12.0 Å². The van der Waals surface area contributed by atoms with Gasteiger partial charge in [0.15, 0.2) is 6.04 Å². The fourth-order valence-electron chi connectivity index (χ4n) is 5.32. The lowest BCUT2D eigenvalue weighted by molar-refractivity contribution is -0.138. The molecule has 1 aromatic rings. The molecular formula is C22H28N4O3. The Morgan fingerprint density at radius 3 is 2.55 bits per heavy atom. The molecule has 4 aliphatic rings. The molecule has 29 heavy (non-hydrogen) atoms. The van der Waals surface area contributed by atoms with Crippen LogP contribution in [0.2, 0.25) is 0 Å². The van der Waals surface area contributed by atoms with Crippen molar-refractivity contribution >= 4 is 23.3 Å². The molecule has 0 radical (unpaired) electrons. The summed E-state index contributed by atoms with van der Waals surface area (Å²) >= 11 is 0. The van der Waals surface area contributed by atoms with E-state index in [4.69, 9.17) is 0 Å². The Bertz CT molecular complexity index is 823. The number of anilines is 1. The highest BCUT2D eigenvalue weighted by molar-refractivity contribution is 6.40. The second-order valence-corrected chi connectivity index (χ2v) is 8.76. The molecule has 1 N–H and O–H groups in total. The second kappa shape index (κ2) is 7.44. The number of carboxylic acid groups (broad SMARTS) is 1. The van der Waals surface area contributed by atoms with Crippen LogP contribution in [-0.4, -0.2) is 70.3 Å². The predicted octanol–water partition coefficient (Wildman–Crippen LogP) is 2.18. The molecule has 154 valence electrons. The largest absolute Gasteiger partial charge is 0.480 e. The Balaban J connectivity index is 1.31. The van der Waals surface area contributed by atoms with Gasteiger partial charge in [0.1, 0.15) is 5.71 Å². The van der Waals surface area contributed by atoms with Crippen molar-refractivity contribution in [2.45, 2.75) is 56.7 Å². The lowest BCUT2D eigenvalue weighted by atomic mass is 9.83. The highest BCUT2D eigenvalue weighted by Gasteiger charge is 2.44. The number of amides is 1. The number of hydrogen-bond donors (Lipinski definition) is 1. The Kier molecular flexibility index (Phi) is 4.78. The maximum Gasteiger partial charge on any atom is 0.328 e. The number of carboxylic acids is 1. The topological polar surface area (TPSA) is 76.5 Å². The zero-order valence-electron chi connectivity index (χ0n) is 16.6. The van der Waals surface area contributed by atoms with Crippen molar-refractivity contribution in [3.05, 3.63) is 30.3 Å². The molecule has 3 fully saturated rings. The van der Waals surface area contributed by atoms with Crippen molar-refractivity contribution in [2.24, 2.45) is 11.0 Å². The molecule has 0 aromatic heterocycles. The first-order chi connectivity index (χ1) is 14.1. The van der Waals surface area contributed by atoms with Crippen molar-refractivity contribution in [1.82, 2.24) is 9.80 Å². The van der Waals surface area contributed by atoms with Crippen LogP contribution in [0.25, 0.3) is 0 Å². The number of hydrogen-bond acceptors (Lipinski definition) is 5. The lowest BCUT2D eigenvalue weighted by Gasteiger charge is -2.47. The zero-order chi connectivity index (χ0) is 20.0. The number of piperidine rings is 2. The van der Waals surface area contributed by atoms with E-state index in [1.807, 2.05) is 35.2 Å². The summed E-state index contributed by atoms with van der Waals surface area (Å²) in [4.78, 5) is 29.6.